The van der Waals surface area contributed by atoms with Crippen LogP contribution >= 0.6 is 0 Å². The van der Waals surface area contributed by atoms with Crippen molar-refractivity contribution in [3.63, 3.8) is 0 Å². The van der Waals surface area contributed by atoms with Crippen molar-refractivity contribution in [1.29, 1.82) is 0 Å². The van der Waals surface area contributed by atoms with Gasteiger partial charge >= 0.3 is 5.97 Å². The molecule has 0 atom stereocenters. The number of rotatable bonds is 6. The smallest absolute Gasteiger partial charge is 0.303 e. The molecule has 0 radical (unpaired) electrons. The lowest BCUT2D eigenvalue weighted by molar-refractivity contribution is -0.136. The molecule has 20 heavy (non-hydrogen) atoms. The molecule has 0 aromatic heterocycles. The quantitative estimate of drug-likeness (QED) is 0.783. The fourth-order valence-electron chi connectivity index (χ4n) is 2.08. The number of aryl methyl sites for hydroxylation is 1. The highest BCUT2D eigenvalue weighted by Gasteiger charge is 2.13. The van der Waals surface area contributed by atoms with E-state index < -0.39 is 5.97 Å². The minimum Gasteiger partial charge on any atom is -0.508 e. The van der Waals surface area contributed by atoms with Gasteiger partial charge in [-0.15, -0.1) is 0 Å². The molecule has 0 spiro atoms. The van der Waals surface area contributed by atoms with E-state index in [4.69, 9.17) is 9.84 Å². The first-order valence-corrected chi connectivity index (χ1v) is 6.60. The number of methoxy groups -OCH3 is 1. The van der Waals surface area contributed by atoms with E-state index in [0.29, 0.717) is 18.6 Å². The lowest BCUT2D eigenvalue weighted by Crippen LogP contribution is -1.98. The number of carbonyl (C=O) groups is 1. The average molecular weight is 278 g/mol. The largest absolute Gasteiger partial charge is 0.508 e. The Morgan fingerprint density at radius 3 is 2.55 bits per heavy atom. The van der Waals surface area contributed by atoms with E-state index in [-0.39, 0.29) is 12.2 Å². The Balaban J connectivity index is 2.95. The van der Waals surface area contributed by atoms with Crippen LogP contribution in [0.2, 0.25) is 0 Å². The molecule has 4 heteroatoms. The summed E-state index contributed by atoms with van der Waals surface area (Å²) >= 11 is 0. The van der Waals surface area contributed by atoms with Gasteiger partial charge in [0.1, 0.15) is 11.5 Å². The zero-order valence-corrected chi connectivity index (χ0v) is 12.5. The van der Waals surface area contributed by atoms with E-state index in [1.54, 1.807) is 13.2 Å². The van der Waals surface area contributed by atoms with Gasteiger partial charge in [0.05, 0.1) is 7.11 Å². The first-order chi connectivity index (χ1) is 9.36. The second-order valence-corrected chi connectivity index (χ2v) is 5.00. The Bertz CT molecular complexity index is 530. The molecule has 0 unspecified atom stereocenters. The molecule has 0 fully saturated rings. The molecule has 0 bridgehead atoms. The fourth-order valence-corrected chi connectivity index (χ4v) is 2.08. The SMILES string of the molecule is COc1c(C)c(C)cc(O)c1C/C=C(\C)CCC(=O)O. The van der Waals surface area contributed by atoms with Gasteiger partial charge in [-0.3, -0.25) is 4.79 Å². The molecule has 4 nitrogen and oxygen atoms in total. The van der Waals surface area contributed by atoms with E-state index in [2.05, 4.69) is 0 Å². The van der Waals surface area contributed by atoms with Crippen molar-refractivity contribution in [2.45, 2.75) is 40.0 Å². The van der Waals surface area contributed by atoms with Gasteiger partial charge in [0, 0.05) is 12.0 Å². The van der Waals surface area contributed by atoms with Crippen LogP contribution in [-0.4, -0.2) is 23.3 Å². The van der Waals surface area contributed by atoms with Gasteiger partial charge in [-0.05, 0) is 50.8 Å². The number of benzene rings is 1. The van der Waals surface area contributed by atoms with E-state index in [1.807, 2.05) is 26.8 Å². The Morgan fingerprint density at radius 1 is 1.35 bits per heavy atom. The van der Waals surface area contributed by atoms with Crippen molar-refractivity contribution in [2.75, 3.05) is 7.11 Å². The monoisotopic (exact) mass is 278 g/mol. The first kappa shape index (κ1) is 16.1. The van der Waals surface area contributed by atoms with Crippen LogP contribution in [0.4, 0.5) is 0 Å². The van der Waals surface area contributed by atoms with Gasteiger partial charge < -0.3 is 14.9 Å². The van der Waals surface area contributed by atoms with E-state index in [0.717, 1.165) is 22.3 Å². The standard InChI is InChI=1S/C16H22O4/c1-10(6-8-15(18)19)5-7-13-14(17)9-11(2)12(3)16(13)20-4/h5,9,17H,6-8H2,1-4H3,(H,18,19)/b10-5+. The lowest BCUT2D eigenvalue weighted by Gasteiger charge is -2.14. The summed E-state index contributed by atoms with van der Waals surface area (Å²) in [6.07, 6.45) is 3.11. The van der Waals surface area contributed by atoms with Gasteiger partial charge in [-0.25, -0.2) is 0 Å². The summed E-state index contributed by atoms with van der Waals surface area (Å²) in [4.78, 5) is 10.5. The molecule has 0 aliphatic carbocycles. The molecule has 110 valence electrons. The second-order valence-electron chi connectivity index (χ2n) is 5.00. The number of hydrogen-bond donors (Lipinski definition) is 2. The van der Waals surface area contributed by atoms with Crippen molar-refractivity contribution < 1.29 is 19.7 Å². The van der Waals surface area contributed by atoms with Gasteiger partial charge in [-0.2, -0.15) is 0 Å². The van der Waals surface area contributed by atoms with E-state index in [9.17, 15) is 9.90 Å². The van der Waals surface area contributed by atoms with Crippen LogP contribution in [-0.2, 0) is 11.2 Å². The average Bonchev–Trinajstić information content (AvgIpc) is 2.38. The summed E-state index contributed by atoms with van der Waals surface area (Å²) in [6, 6.07) is 1.73. The van der Waals surface area contributed by atoms with Gasteiger partial charge in [0.2, 0.25) is 0 Å². The van der Waals surface area contributed by atoms with Gasteiger partial charge in [-0.1, -0.05) is 11.6 Å². The number of aliphatic carboxylic acids is 1. The highest BCUT2D eigenvalue weighted by Crippen LogP contribution is 2.34. The molecule has 0 saturated heterocycles. The summed E-state index contributed by atoms with van der Waals surface area (Å²) < 4.78 is 5.38. The molecular formula is C16H22O4. The number of allylic oxidation sites excluding steroid dienone is 2. The van der Waals surface area contributed by atoms with Crippen LogP contribution in [0.1, 0.15) is 36.5 Å². The van der Waals surface area contributed by atoms with Crippen LogP contribution < -0.4 is 4.74 Å². The topological polar surface area (TPSA) is 66.8 Å². The van der Waals surface area contributed by atoms with Gasteiger partial charge in [0.15, 0.2) is 0 Å². The van der Waals surface area contributed by atoms with Crippen molar-refractivity contribution >= 4 is 5.97 Å². The maximum Gasteiger partial charge on any atom is 0.303 e. The van der Waals surface area contributed by atoms with E-state index >= 15 is 0 Å². The number of carboxylic acid groups (broad SMARTS) is 1. The second kappa shape index (κ2) is 6.98. The maximum absolute atomic E-state index is 10.5. The molecular weight excluding hydrogens is 256 g/mol. The molecule has 0 amide bonds. The van der Waals surface area contributed by atoms with Crippen LogP contribution in [0.15, 0.2) is 17.7 Å². The summed E-state index contributed by atoms with van der Waals surface area (Å²) in [5.41, 5.74) is 3.73. The van der Waals surface area contributed by atoms with Crippen LogP contribution in [0.25, 0.3) is 0 Å². The zero-order valence-electron chi connectivity index (χ0n) is 12.5. The van der Waals surface area contributed by atoms with Gasteiger partial charge in [0.25, 0.3) is 0 Å². The molecule has 0 aliphatic heterocycles. The van der Waals surface area contributed by atoms with Crippen molar-refractivity contribution in [3.05, 3.63) is 34.4 Å². The molecule has 0 heterocycles. The number of hydrogen-bond acceptors (Lipinski definition) is 3. The Kier molecular flexibility index (Phi) is 5.62. The molecule has 1 aromatic carbocycles. The van der Waals surface area contributed by atoms with Crippen molar-refractivity contribution in [1.82, 2.24) is 0 Å². The summed E-state index contributed by atoms with van der Waals surface area (Å²) in [7, 11) is 1.59. The highest BCUT2D eigenvalue weighted by atomic mass is 16.5. The highest BCUT2D eigenvalue weighted by molar-refractivity contribution is 5.67. The first-order valence-electron chi connectivity index (χ1n) is 6.60. The minimum absolute atomic E-state index is 0.123. The number of ether oxygens (including phenoxy) is 1. The summed E-state index contributed by atoms with van der Waals surface area (Å²) in [5, 5.41) is 18.7. The molecule has 0 aliphatic rings. The number of phenolic OH excluding ortho intramolecular Hbond substituents is 1. The molecule has 1 rings (SSSR count). The van der Waals surface area contributed by atoms with E-state index in [1.165, 1.54) is 0 Å². The predicted molar refractivity (Wildman–Crippen MR) is 78.5 cm³/mol. The summed E-state index contributed by atoms with van der Waals surface area (Å²) in [5.74, 6) is 0.112. The third-order valence-corrected chi connectivity index (χ3v) is 3.46. The zero-order chi connectivity index (χ0) is 15.3. The van der Waals surface area contributed by atoms with Crippen LogP contribution in [0.5, 0.6) is 11.5 Å². The van der Waals surface area contributed by atoms with Crippen LogP contribution in [0, 0.1) is 13.8 Å². The van der Waals surface area contributed by atoms with Crippen LogP contribution in [0.3, 0.4) is 0 Å². The Labute approximate surface area is 119 Å². The Morgan fingerprint density at radius 2 is 2.00 bits per heavy atom. The Hall–Kier alpha value is -1.97. The molecule has 2 N–H and O–H groups in total. The maximum atomic E-state index is 10.5. The normalized spacial score (nSPS) is 11.5. The minimum atomic E-state index is -0.802. The lowest BCUT2D eigenvalue weighted by atomic mass is 9.99. The number of phenols is 1. The van der Waals surface area contributed by atoms with Crippen molar-refractivity contribution in [3.8, 4) is 11.5 Å². The summed E-state index contributed by atoms with van der Waals surface area (Å²) in [6.45, 7) is 5.78. The third kappa shape index (κ3) is 4.02. The molecule has 0 saturated carbocycles. The fraction of sp³-hybridized carbons (Fsp3) is 0.438. The third-order valence-electron chi connectivity index (χ3n) is 3.46. The van der Waals surface area contributed by atoms with Crippen molar-refractivity contribution in [2.24, 2.45) is 0 Å². The molecule has 1 aromatic rings. The predicted octanol–water partition coefficient (Wildman–Crippen LogP) is 3.37. The number of carboxylic acids is 1. The number of aromatic hydroxyl groups is 1.